The maximum atomic E-state index is 11.3. The van der Waals surface area contributed by atoms with Gasteiger partial charge in [0.2, 0.25) is 0 Å². The fourth-order valence-corrected chi connectivity index (χ4v) is 2.41. The molecule has 0 unspecified atom stereocenters. The summed E-state index contributed by atoms with van der Waals surface area (Å²) in [7, 11) is 0. The van der Waals surface area contributed by atoms with Gasteiger partial charge in [0.15, 0.2) is 0 Å². The van der Waals surface area contributed by atoms with E-state index >= 15 is 0 Å². The minimum Gasteiger partial charge on any atom is -0.480 e. The van der Waals surface area contributed by atoms with E-state index in [1.165, 1.54) is 0 Å². The molecule has 6 heteroatoms. The summed E-state index contributed by atoms with van der Waals surface area (Å²) in [6, 6.07) is 4.77. The first-order valence-electron chi connectivity index (χ1n) is 7.62. The van der Waals surface area contributed by atoms with Crippen LogP contribution in [0.1, 0.15) is 46.1 Å². The number of nitrogens with two attached hydrogens (primary N) is 2. The summed E-state index contributed by atoms with van der Waals surface area (Å²) < 4.78 is 5.13. The first-order chi connectivity index (χ1) is 10.5. The first kappa shape index (κ1) is 19.0. The molecule has 0 amide bonds. The molecular formula is C17H26N2O4. The van der Waals surface area contributed by atoms with E-state index < -0.39 is 12.0 Å². The number of nitrogen functional groups attached to an aromatic ring is 1. The Hall–Kier alpha value is -2.08. The quantitative estimate of drug-likeness (QED) is 0.447. The molecule has 0 aliphatic carbocycles. The molecule has 1 heterocycles. The standard InChI is InChI=1S/C11H13NO2.C6H13NO2/c1-11(2)6-10(13)14-9-5-7(12)3-4-8(9)11;1-4(2)3-5(7)6(8)9/h3-5H,6,12H2,1-2H3;4-5H,3,7H2,1-2H3,(H,8,9)/t;5-/m.0/s1. The highest BCUT2D eigenvalue weighted by atomic mass is 16.5. The molecule has 0 bridgehead atoms. The number of aliphatic carboxylic acids is 1. The van der Waals surface area contributed by atoms with E-state index in [1.54, 1.807) is 6.07 Å². The predicted octanol–water partition coefficient (Wildman–Crippen LogP) is 2.30. The molecule has 0 spiro atoms. The molecule has 6 nitrogen and oxygen atoms in total. The molecule has 1 atom stereocenters. The Morgan fingerprint density at radius 1 is 1.39 bits per heavy atom. The van der Waals surface area contributed by atoms with Crippen molar-refractivity contribution in [1.82, 2.24) is 0 Å². The Morgan fingerprint density at radius 3 is 2.48 bits per heavy atom. The highest BCUT2D eigenvalue weighted by molar-refractivity contribution is 5.78. The Balaban J connectivity index is 0.000000257. The molecule has 5 N–H and O–H groups in total. The van der Waals surface area contributed by atoms with Crippen LogP contribution in [0, 0.1) is 5.92 Å². The van der Waals surface area contributed by atoms with Gasteiger partial charge < -0.3 is 21.3 Å². The van der Waals surface area contributed by atoms with Crippen molar-refractivity contribution >= 4 is 17.6 Å². The number of rotatable bonds is 3. The van der Waals surface area contributed by atoms with Crippen LogP contribution in [0.2, 0.25) is 0 Å². The van der Waals surface area contributed by atoms with Crippen molar-refractivity contribution in [1.29, 1.82) is 0 Å². The summed E-state index contributed by atoms with van der Waals surface area (Å²) >= 11 is 0. The number of fused-ring (bicyclic) bond motifs is 1. The van der Waals surface area contributed by atoms with Gasteiger partial charge in [0.1, 0.15) is 11.8 Å². The van der Waals surface area contributed by atoms with Gasteiger partial charge in [-0.25, -0.2) is 0 Å². The van der Waals surface area contributed by atoms with Gasteiger partial charge in [0.25, 0.3) is 0 Å². The lowest BCUT2D eigenvalue weighted by atomic mass is 9.79. The molecule has 0 aromatic heterocycles. The molecule has 1 aliphatic heterocycles. The van der Waals surface area contributed by atoms with Gasteiger partial charge in [-0.1, -0.05) is 33.8 Å². The van der Waals surface area contributed by atoms with E-state index in [0.29, 0.717) is 30.2 Å². The molecule has 0 radical (unpaired) electrons. The van der Waals surface area contributed by atoms with Crippen LogP contribution in [0.3, 0.4) is 0 Å². The van der Waals surface area contributed by atoms with Crippen LogP contribution in [0.25, 0.3) is 0 Å². The van der Waals surface area contributed by atoms with Crippen molar-refractivity contribution in [3.63, 3.8) is 0 Å². The van der Waals surface area contributed by atoms with E-state index in [0.717, 1.165) is 5.56 Å². The number of ether oxygens (including phenoxy) is 1. The van der Waals surface area contributed by atoms with E-state index in [1.807, 2.05) is 39.8 Å². The summed E-state index contributed by atoms with van der Waals surface area (Å²) in [4.78, 5) is 21.4. The highest BCUT2D eigenvalue weighted by Gasteiger charge is 2.33. The zero-order valence-corrected chi connectivity index (χ0v) is 14.1. The van der Waals surface area contributed by atoms with Crippen LogP contribution in [0.5, 0.6) is 5.75 Å². The third-order valence-corrected chi connectivity index (χ3v) is 3.59. The van der Waals surface area contributed by atoms with Gasteiger partial charge in [-0.3, -0.25) is 9.59 Å². The van der Waals surface area contributed by atoms with Crippen molar-refractivity contribution in [2.75, 3.05) is 5.73 Å². The van der Waals surface area contributed by atoms with Crippen molar-refractivity contribution in [3.8, 4) is 5.75 Å². The second kappa shape index (κ2) is 7.46. The largest absolute Gasteiger partial charge is 0.480 e. The van der Waals surface area contributed by atoms with Crippen molar-refractivity contribution < 1.29 is 19.4 Å². The van der Waals surface area contributed by atoms with Crippen LogP contribution in [-0.4, -0.2) is 23.1 Å². The summed E-state index contributed by atoms with van der Waals surface area (Å²) in [6.07, 6.45) is 0.971. The van der Waals surface area contributed by atoms with Gasteiger partial charge in [-0.05, 0) is 18.4 Å². The topological polar surface area (TPSA) is 116 Å². The molecule has 23 heavy (non-hydrogen) atoms. The third kappa shape index (κ3) is 5.56. The van der Waals surface area contributed by atoms with Crippen LogP contribution < -0.4 is 16.2 Å². The summed E-state index contributed by atoms with van der Waals surface area (Å²) in [6.45, 7) is 7.95. The van der Waals surface area contributed by atoms with E-state index in [-0.39, 0.29) is 11.4 Å². The van der Waals surface area contributed by atoms with Crippen molar-refractivity contribution in [2.45, 2.75) is 52.0 Å². The lowest BCUT2D eigenvalue weighted by Gasteiger charge is -2.30. The molecule has 2 rings (SSSR count). The zero-order valence-electron chi connectivity index (χ0n) is 14.1. The van der Waals surface area contributed by atoms with Crippen LogP contribution >= 0.6 is 0 Å². The molecule has 0 saturated heterocycles. The predicted molar refractivity (Wildman–Crippen MR) is 89.2 cm³/mol. The molecule has 0 fully saturated rings. The van der Waals surface area contributed by atoms with Crippen molar-refractivity contribution in [3.05, 3.63) is 23.8 Å². The number of carbonyl (C=O) groups is 2. The fraction of sp³-hybridized carbons (Fsp3) is 0.529. The first-order valence-corrected chi connectivity index (χ1v) is 7.62. The number of hydrogen-bond donors (Lipinski definition) is 3. The number of esters is 1. The van der Waals surface area contributed by atoms with Crippen LogP contribution in [0.15, 0.2) is 18.2 Å². The summed E-state index contributed by atoms with van der Waals surface area (Å²) in [5, 5.41) is 8.31. The maximum Gasteiger partial charge on any atom is 0.320 e. The van der Waals surface area contributed by atoms with Gasteiger partial charge in [-0.15, -0.1) is 0 Å². The zero-order chi connectivity index (χ0) is 17.8. The Bertz CT molecular complexity index is 582. The summed E-state index contributed by atoms with van der Waals surface area (Å²) in [5.74, 6) is -0.140. The van der Waals surface area contributed by atoms with Crippen LogP contribution in [0.4, 0.5) is 5.69 Å². The smallest absolute Gasteiger partial charge is 0.320 e. The molecule has 128 valence electrons. The summed E-state index contributed by atoms with van der Waals surface area (Å²) in [5.41, 5.74) is 12.4. The minimum atomic E-state index is -0.913. The average Bonchev–Trinajstić information content (AvgIpc) is 2.36. The number of carboxylic acid groups (broad SMARTS) is 1. The molecule has 1 aromatic rings. The Morgan fingerprint density at radius 2 is 2.00 bits per heavy atom. The van der Waals surface area contributed by atoms with Crippen LogP contribution in [-0.2, 0) is 15.0 Å². The Labute approximate surface area is 136 Å². The SMILES string of the molecule is CC(C)C[C@H](N)C(=O)O.CC1(C)CC(=O)Oc2cc(N)ccc21. The molecular weight excluding hydrogens is 296 g/mol. The monoisotopic (exact) mass is 322 g/mol. The van der Waals surface area contributed by atoms with Gasteiger partial charge in [-0.2, -0.15) is 0 Å². The second-order valence-electron chi connectivity index (χ2n) is 6.86. The molecule has 1 aromatic carbocycles. The third-order valence-electron chi connectivity index (χ3n) is 3.59. The minimum absolute atomic E-state index is 0.154. The van der Waals surface area contributed by atoms with E-state index in [9.17, 15) is 9.59 Å². The van der Waals surface area contributed by atoms with Gasteiger partial charge in [0.05, 0.1) is 6.42 Å². The lowest BCUT2D eigenvalue weighted by Crippen LogP contribution is -2.31. The normalized spacial score (nSPS) is 16.7. The second-order valence-corrected chi connectivity index (χ2v) is 6.86. The van der Waals surface area contributed by atoms with Gasteiger partial charge >= 0.3 is 11.9 Å². The average molecular weight is 322 g/mol. The number of anilines is 1. The van der Waals surface area contributed by atoms with Crippen molar-refractivity contribution in [2.24, 2.45) is 11.7 Å². The number of hydrogen-bond acceptors (Lipinski definition) is 5. The van der Waals surface area contributed by atoms with E-state index in [4.69, 9.17) is 21.3 Å². The highest BCUT2D eigenvalue weighted by Crippen LogP contribution is 2.39. The number of carboxylic acids is 1. The van der Waals surface area contributed by atoms with Gasteiger partial charge in [0, 0.05) is 22.7 Å². The fourth-order valence-electron chi connectivity index (χ4n) is 2.41. The Kier molecular flexibility index (Phi) is 6.15. The maximum absolute atomic E-state index is 11.3. The molecule has 1 aliphatic rings. The number of benzene rings is 1. The molecule has 0 saturated carbocycles. The van der Waals surface area contributed by atoms with E-state index in [2.05, 4.69) is 0 Å². The number of carbonyl (C=O) groups excluding carboxylic acids is 1. The lowest BCUT2D eigenvalue weighted by molar-refractivity contribution is -0.139.